The summed E-state index contributed by atoms with van der Waals surface area (Å²) in [6.45, 7) is 4.14. The minimum absolute atomic E-state index is 0.0197. The largest absolute Gasteiger partial charge is 0.462 e. The summed E-state index contributed by atoms with van der Waals surface area (Å²) < 4.78 is 5.58. The second-order valence-corrected chi connectivity index (χ2v) is 5.34. The van der Waals surface area contributed by atoms with E-state index in [-0.39, 0.29) is 23.9 Å². The number of hydrogen-bond donors (Lipinski definition) is 0. The summed E-state index contributed by atoms with van der Waals surface area (Å²) >= 11 is 0. The number of ether oxygens (including phenoxy) is 1. The summed E-state index contributed by atoms with van der Waals surface area (Å²) in [6.07, 6.45) is 13.1. The first kappa shape index (κ1) is 12.4. The van der Waals surface area contributed by atoms with E-state index < -0.39 is 0 Å². The van der Waals surface area contributed by atoms with Crippen molar-refractivity contribution < 1.29 is 9.53 Å². The zero-order chi connectivity index (χ0) is 12.3. The number of rotatable bonds is 3. The molecule has 17 heavy (non-hydrogen) atoms. The zero-order valence-electron chi connectivity index (χ0n) is 10.8. The van der Waals surface area contributed by atoms with Crippen LogP contribution < -0.4 is 0 Å². The van der Waals surface area contributed by atoms with Gasteiger partial charge in [-0.1, -0.05) is 38.2 Å². The Morgan fingerprint density at radius 1 is 1.24 bits per heavy atom. The summed E-state index contributed by atoms with van der Waals surface area (Å²) in [5, 5.41) is 0. The van der Waals surface area contributed by atoms with Crippen LogP contribution in [0.25, 0.3) is 0 Å². The number of hydrogen-bond acceptors (Lipinski definition) is 2. The Kier molecular flexibility index (Phi) is 4.03. The lowest BCUT2D eigenvalue weighted by Crippen LogP contribution is -2.29. The third-order valence-corrected chi connectivity index (χ3v) is 4.00. The van der Waals surface area contributed by atoms with Crippen LogP contribution in [-0.4, -0.2) is 12.1 Å². The van der Waals surface area contributed by atoms with Crippen molar-refractivity contribution in [2.75, 3.05) is 0 Å². The zero-order valence-corrected chi connectivity index (χ0v) is 10.8. The SMILES string of the molecule is CC1C=CC=CC1[C@H](C)C(=O)OC1CCCC1. The number of carbonyl (C=O) groups is 1. The molecule has 1 fully saturated rings. The third-order valence-electron chi connectivity index (χ3n) is 4.00. The second-order valence-electron chi connectivity index (χ2n) is 5.34. The molecule has 2 nitrogen and oxygen atoms in total. The van der Waals surface area contributed by atoms with Gasteiger partial charge in [0, 0.05) is 0 Å². The van der Waals surface area contributed by atoms with Crippen molar-refractivity contribution in [3.63, 3.8) is 0 Å². The predicted octanol–water partition coefficient (Wildman–Crippen LogP) is 3.49. The molecule has 0 saturated heterocycles. The molecular formula is C15H22O2. The van der Waals surface area contributed by atoms with Crippen LogP contribution in [0.3, 0.4) is 0 Å². The van der Waals surface area contributed by atoms with Crippen LogP contribution >= 0.6 is 0 Å². The Morgan fingerprint density at radius 3 is 2.53 bits per heavy atom. The van der Waals surface area contributed by atoms with Crippen molar-refractivity contribution >= 4 is 5.97 Å². The first-order valence-corrected chi connectivity index (χ1v) is 6.74. The van der Waals surface area contributed by atoms with Gasteiger partial charge in [0.05, 0.1) is 5.92 Å². The topological polar surface area (TPSA) is 26.3 Å². The molecule has 2 aliphatic carbocycles. The molecule has 0 radical (unpaired) electrons. The van der Waals surface area contributed by atoms with Crippen LogP contribution in [0.2, 0.25) is 0 Å². The van der Waals surface area contributed by atoms with Gasteiger partial charge in [-0.05, 0) is 37.5 Å². The Morgan fingerprint density at radius 2 is 1.88 bits per heavy atom. The van der Waals surface area contributed by atoms with Crippen molar-refractivity contribution in [3.8, 4) is 0 Å². The molecule has 2 aliphatic rings. The van der Waals surface area contributed by atoms with E-state index in [4.69, 9.17) is 4.74 Å². The molecule has 94 valence electrons. The van der Waals surface area contributed by atoms with Crippen molar-refractivity contribution in [1.29, 1.82) is 0 Å². The lowest BCUT2D eigenvalue weighted by atomic mass is 9.81. The highest BCUT2D eigenvalue weighted by atomic mass is 16.5. The van der Waals surface area contributed by atoms with E-state index in [2.05, 4.69) is 25.2 Å². The number of allylic oxidation sites excluding steroid dienone is 4. The Hall–Kier alpha value is -1.05. The van der Waals surface area contributed by atoms with Crippen LogP contribution in [0.5, 0.6) is 0 Å². The van der Waals surface area contributed by atoms with Crippen molar-refractivity contribution in [2.24, 2.45) is 17.8 Å². The maximum absolute atomic E-state index is 12.1. The minimum Gasteiger partial charge on any atom is -0.462 e. The van der Waals surface area contributed by atoms with Gasteiger partial charge >= 0.3 is 5.97 Å². The van der Waals surface area contributed by atoms with E-state index in [1.165, 1.54) is 12.8 Å². The van der Waals surface area contributed by atoms with E-state index >= 15 is 0 Å². The third kappa shape index (κ3) is 2.99. The molecule has 0 bridgehead atoms. The van der Waals surface area contributed by atoms with Crippen LogP contribution in [0, 0.1) is 17.8 Å². The fourth-order valence-electron chi connectivity index (χ4n) is 2.79. The molecule has 2 rings (SSSR count). The molecule has 3 atom stereocenters. The van der Waals surface area contributed by atoms with Crippen LogP contribution in [0.4, 0.5) is 0 Å². The first-order chi connectivity index (χ1) is 8.18. The lowest BCUT2D eigenvalue weighted by molar-refractivity contribution is -0.154. The highest BCUT2D eigenvalue weighted by Crippen LogP contribution is 2.29. The van der Waals surface area contributed by atoms with Crippen molar-refractivity contribution in [1.82, 2.24) is 0 Å². The van der Waals surface area contributed by atoms with Crippen LogP contribution in [0.1, 0.15) is 39.5 Å². The van der Waals surface area contributed by atoms with E-state index in [1.54, 1.807) is 0 Å². The van der Waals surface area contributed by atoms with Crippen molar-refractivity contribution in [3.05, 3.63) is 24.3 Å². The Labute approximate surface area is 104 Å². The van der Waals surface area contributed by atoms with Gasteiger partial charge in [-0.2, -0.15) is 0 Å². The van der Waals surface area contributed by atoms with Gasteiger partial charge in [-0.15, -0.1) is 0 Å². The highest BCUT2D eigenvalue weighted by Gasteiger charge is 2.30. The summed E-state index contributed by atoms with van der Waals surface area (Å²) in [7, 11) is 0. The van der Waals surface area contributed by atoms with Gasteiger partial charge in [0.1, 0.15) is 6.10 Å². The molecule has 1 saturated carbocycles. The molecule has 0 N–H and O–H groups in total. The normalized spacial score (nSPS) is 30.5. The van der Waals surface area contributed by atoms with Gasteiger partial charge in [0.25, 0.3) is 0 Å². The average molecular weight is 234 g/mol. The standard InChI is InChI=1S/C15H22O2/c1-11-7-3-6-10-14(11)12(2)15(16)17-13-8-4-5-9-13/h3,6-7,10-14H,4-5,8-9H2,1-2H3/t11?,12-,14?/m0/s1. The molecule has 2 heteroatoms. The van der Waals surface area contributed by atoms with E-state index in [9.17, 15) is 4.79 Å². The fraction of sp³-hybridized carbons (Fsp3) is 0.667. The highest BCUT2D eigenvalue weighted by molar-refractivity contribution is 5.73. The van der Waals surface area contributed by atoms with Gasteiger partial charge in [0.2, 0.25) is 0 Å². The van der Waals surface area contributed by atoms with Crippen LogP contribution in [0.15, 0.2) is 24.3 Å². The molecular weight excluding hydrogens is 212 g/mol. The molecule has 0 aromatic heterocycles. The maximum atomic E-state index is 12.1. The maximum Gasteiger partial charge on any atom is 0.309 e. The molecule has 0 amide bonds. The number of carbonyl (C=O) groups excluding carboxylic acids is 1. The quantitative estimate of drug-likeness (QED) is 0.699. The monoisotopic (exact) mass is 234 g/mol. The predicted molar refractivity (Wildman–Crippen MR) is 68.4 cm³/mol. The Bertz CT molecular complexity index is 324. The second kappa shape index (κ2) is 5.52. The number of esters is 1. The summed E-state index contributed by atoms with van der Waals surface area (Å²) in [4.78, 5) is 12.1. The summed E-state index contributed by atoms with van der Waals surface area (Å²) in [5.41, 5.74) is 0. The molecule has 2 unspecified atom stereocenters. The summed E-state index contributed by atoms with van der Waals surface area (Å²) in [6, 6.07) is 0. The fourth-order valence-corrected chi connectivity index (χ4v) is 2.79. The molecule has 0 aromatic carbocycles. The van der Waals surface area contributed by atoms with Gasteiger partial charge < -0.3 is 4.74 Å². The first-order valence-electron chi connectivity index (χ1n) is 6.74. The average Bonchev–Trinajstić information content (AvgIpc) is 2.81. The smallest absolute Gasteiger partial charge is 0.309 e. The Balaban J connectivity index is 1.89. The lowest BCUT2D eigenvalue weighted by Gasteiger charge is -2.26. The molecule has 0 spiro atoms. The van der Waals surface area contributed by atoms with E-state index in [0.717, 1.165) is 12.8 Å². The molecule has 0 aromatic rings. The van der Waals surface area contributed by atoms with Gasteiger partial charge in [-0.25, -0.2) is 0 Å². The molecule has 0 aliphatic heterocycles. The van der Waals surface area contributed by atoms with Gasteiger partial charge in [-0.3, -0.25) is 4.79 Å². The van der Waals surface area contributed by atoms with E-state index in [0.29, 0.717) is 5.92 Å². The van der Waals surface area contributed by atoms with Gasteiger partial charge in [0.15, 0.2) is 0 Å². The van der Waals surface area contributed by atoms with Crippen molar-refractivity contribution in [2.45, 2.75) is 45.6 Å². The minimum atomic E-state index is -0.0354. The van der Waals surface area contributed by atoms with Crippen LogP contribution in [-0.2, 0) is 9.53 Å². The molecule has 0 heterocycles. The van der Waals surface area contributed by atoms with E-state index in [1.807, 2.05) is 13.0 Å². The summed E-state index contributed by atoms with van der Waals surface area (Å²) in [5.74, 6) is 0.653.